The van der Waals surface area contributed by atoms with Crippen molar-refractivity contribution in [2.24, 2.45) is 0 Å². The van der Waals surface area contributed by atoms with E-state index in [2.05, 4.69) is 5.32 Å². The average molecular weight is 237 g/mol. The summed E-state index contributed by atoms with van der Waals surface area (Å²) in [7, 11) is 0. The summed E-state index contributed by atoms with van der Waals surface area (Å²) < 4.78 is 35.4. The Labute approximate surface area is 93.6 Å². The van der Waals surface area contributed by atoms with E-state index in [1.54, 1.807) is 0 Å². The highest BCUT2D eigenvalue weighted by atomic mass is 19.4. The Morgan fingerprint density at radius 3 is 2.44 bits per heavy atom. The molecule has 1 aliphatic rings. The molecule has 0 aromatic heterocycles. The third-order valence-corrected chi connectivity index (χ3v) is 2.86. The van der Waals surface area contributed by atoms with Gasteiger partial charge in [-0.15, -0.1) is 0 Å². The number of hydrogen-bond donors (Lipinski definition) is 1. The first-order valence-corrected chi connectivity index (χ1v) is 5.79. The molecular formula is C11H18F3NO. The molecule has 0 unspecified atom stereocenters. The second-order valence-electron chi connectivity index (χ2n) is 4.37. The van der Waals surface area contributed by atoms with Crippen LogP contribution < -0.4 is 5.32 Å². The van der Waals surface area contributed by atoms with E-state index in [4.69, 9.17) is 0 Å². The number of ketones is 1. The minimum atomic E-state index is -4.14. The minimum Gasteiger partial charge on any atom is -0.307 e. The van der Waals surface area contributed by atoms with Crippen LogP contribution in [0.3, 0.4) is 0 Å². The van der Waals surface area contributed by atoms with Crippen molar-refractivity contribution in [1.29, 1.82) is 0 Å². The van der Waals surface area contributed by atoms with Crippen molar-refractivity contribution in [3.8, 4) is 0 Å². The molecule has 0 heterocycles. The largest absolute Gasteiger partial charge is 0.389 e. The normalized spacial score (nSPS) is 17.9. The molecule has 0 saturated heterocycles. The predicted octanol–water partition coefficient (Wildman–Crippen LogP) is 2.82. The predicted molar refractivity (Wildman–Crippen MR) is 55.2 cm³/mol. The fourth-order valence-electron chi connectivity index (χ4n) is 1.96. The van der Waals surface area contributed by atoms with Crippen LogP contribution in [0, 0.1) is 0 Å². The van der Waals surface area contributed by atoms with Crippen molar-refractivity contribution in [1.82, 2.24) is 5.32 Å². The first-order chi connectivity index (χ1) is 7.47. The van der Waals surface area contributed by atoms with E-state index >= 15 is 0 Å². The van der Waals surface area contributed by atoms with Gasteiger partial charge in [0.05, 0.1) is 6.54 Å². The van der Waals surface area contributed by atoms with Gasteiger partial charge in [-0.25, -0.2) is 0 Å². The highest BCUT2D eigenvalue weighted by Crippen LogP contribution is 2.22. The Balaban J connectivity index is 2.02. The van der Waals surface area contributed by atoms with Gasteiger partial charge in [-0.2, -0.15) is 13.2 Å². The van der Waals surface area contributed by atoms with Crippen molar-refractivity contribution in [2.75, 3.05) is 6.54 Å². The lowest BCUT2D eigenvalue weighted by atomic mass is 10.1. The van der Waals surface area contributed by atoms with Gasteiger partial charge >= 0.3 is 6.18 Å². The molecule has 1 fully saturated rings. The maximum Gasteiger partial charge on any atom is 0.389 e. The second-order valence-corrected chi connectivity index (χ2v) is 4.37. The molecule has 0 bridgehead atoms. The number of hydrogen-bond acceptors (Lipinski definition) is 2. The molecule has 2 nitrogen and oxygen atoms in total. The average Bonchev–Trinajstić information content (AvgIpc) is 2.65. The highest BCUT2D eigenvalue weighted by molar-refractivity contribution is 5.80. The third-order valence-electron chi connectivity index (χ3n) is 2.86. The van der Waals surface area contributed by atoms with Gasteiger partial charge in [0.2, 0.25) is 0 Å². The summed E-state index contributed by atoms with van der Waals surface area (Å²) in [6.45, 7) is 0.225. The summed E-state index contributed by atoms with van der Waals surface area (Å²) in [6.07, 6.45) is -0.541. The first-order valence-electron chi connectivity index (χ1n) is 5.79. The lowest BCUT2D eigenvalue weighted by molar-refractivity contribution is -0.137. The van der Waals surface area contributed by atoms with Gasteiger partial charge in [-0.3, -0.25) is 4.79 Å². The number of carbonyl (C=O) groups excluding carboxylic acids is 1. The number of carbonyl (C=O) groups is 1. The monoisotopic (exact) mass is 237 g/mol. The fraction of sp³-hybridized carbons (Fsp3) is 0.909. The van der Waals surface area contributed by atoms with Crippen LogP contribution in [0.5, 0.6) is 0 Å². The van der Waals surface area contributed by atoms with Crippen molar-refractivity contribution in [3.63, 3.8) is 0 Å². The van der Waals surface area contributed by atoms with Gasteiger partial charge < -0.3 is 5.32 Å². The Hall–Kier alpha value is -0.580. The van der Waals surface area contributed by atoms with Crippen molar-refractivity contribution in [3.05, 3.63) is 0 Å². The molecular weight excluding hydrogens is 219 g/mol. The van der Waals surface area contributed by atoms with Crippen LogP contribution in [-0.4, -0.2) is 24.5 Å². The Morgan fingerprint density at radius 2 is 1.88 bits per heavy atom. The summed E-state index contributed by atoms with van der Waals surface area (Å²) in [5.41, 5.74) is 0. The molecule has 0 aliphatic heterocycles. The van der Waals surface area contributed by atoms with Crippen molar-refractivity contribution in [2.45, 2.75) is 57.2 Å². The molecule has 5 heteroatoms. The zero-order valence-electron chi connectivity index (χ0n) is 9.28. The topological polar surface area (TPSA) is 29.1 Å². The molecule has 1 saturated carbocycles. The Morgan fingerprint density at radius 1 is 1.25 bits per heavy atom. The van der Waals surface area contributed by atoms with E-state index in [9.17, 15) is 18.0 Å². The summed E-state index contributed by atoms with van der Waals surface area (Å²) >= 11 is 0. The summed E-state index contributed by atoms with van der Waals surface area (Å²) in [5, 5.41) is 3.10. The molecule has 1 aliphatic carbocycles. The van der Waals surface area contributed by atoms with Crippen LogP contribution in [-0.2, 0) is 4.79 Å². The fourth-order valence-corrected chi connectivity index (χ4v) is 1.96. The highest BCUT2D eigenvalue weighted by Gasteiger charge is 2.26. The molecule has 16 heavy (non-hydrogen) atoms. The third kappa shape index (κ3) is 6.10. The number of alkyl halides is 3. The van der Waals surface area contributed by atoms with E-state index in [-0.39, 0.29) is 25.2 Å². The van der Waals surface area contributed by atoms with Crippen LogP contribution in [0.25, 0.3) is 0 Å². The molecule has 1 N–H and O–H groups in total. The van der Waals surface area contributed by atoms with Gasteiger partial charge in [0.25, 0.3) is 0 Å². The quantitative estimate of drug-likeness (QED) is 0.769. The maximum absolute atomic E-state index is 11.8. The standard InChI is InChI=1S/C11H18F3NO/c12-11(13,14)7-3-6-10(16)8-15-9-4-1-2-5-9/h9,15H,1-8H2. The van der Waals surface area contributed by atoms with Crippen molar-refractivity contribution < 1.29 is 18.0 Å². The summed E-state index contributed by atoms with van der Waals surface area (Å²) in [5.74, 6) is -0.115. The van der Waals surface area contributed by atoms with Gasteiger partial charge in [0, 0.05) is 18.9 Å². The second kappa shape index (κ2) is 6.23. The number of halogens is 3. The van der Waals surface area contributed by atoms with Gasteiger partial charge in [-0.05, 0) is 19.3 Å². The number of nitrogens with one attached hydrogen (secondary N) is 1. The zero-order valence-corrected chi connectivity index (χ0v) is 9.28. The minimum absolute atomic E-state index is 0.0270. The Kier molecular flexibility index (Phi) is 5.25. The molecule has 0 amide bonds. The van der Waals surface area contributed by atoms with E-state index in [0.29, 0.717) is 6.04 Å². The first kappa shape index (κ1) is 13.5. The van der Waals surface area contributed by atoms with Crippen LogP contribution >= 0.6 is 0 Å². The molecule has 0 atom stereocenters. The van der Waals surface area contributed by atoms with E-state index in [1.165, 1.54) is 12.8 Å². The lowest BCUT2D eigenvalue weighted by Crippen LogP contribution is -2.31. The number of rotatable bonds is 6. The van der Waals surface area contributed by atoms with Crippen LogP contribution in [0.2, 0.25) is 0 Å². The maximum atomic E-state index is 11.8. The smallest absolute Gasteiger partial charge is 0.307 e. The van der Waals surface area contributed by atoms with Gasteiger partial charge in [0.15, 0.2) is 0 Å². The summed E-state index contributed by atoms with van der Waals surface area (Å²) in [4.78, 5) is 11.3. The molecule has 0 aromatic carbocycles. The molecule has 0 radical (unpaired) electrons. The van der Waals surface area contributed by atoms with Crippen LogP contribution in [0.1, 0.15) is 44.9 Å². The molecule has 0 aromatic rings. The van der Waals surface area contributed by atoms with Gasteiger partial charge in [0.1, 0.15) is 5.78 Å². The van der Waals surface area contributed by atoms with E-state index < -0.39 is 12.6 Å². The van der Waals surface area contributed by atoms with Gasteiger partial charge in [-0.1, -0.05) is 12.8 Å². The summed E-state index contributed by atoms with van der Waals surface area (Å²) in [6, 6.07) is 0.395. The molecule has 1 rings (SSSR count). The zero-order chi connectivity index (χ0) is 12.0. The number of Topliss-reactive ketones (excluding diaryl/α,β-unsaturated/α-hetero) is 1. The molecule has 0 spiro atoms. The lowest BCUT2D eigenvalue weighted by Gasteiger charge is -2.11. The van der Waals surface area contributed by atoms with Crippen molar-refractivity contribution >= 4 is 5.78 Å². The van der Waals surface area contributed by atoms with Crippen LogP contribution in [0.15, 0.2) is 0 Å². The molecule has 94 valence electrons. The Bertz CT molecular complexity index is 222. The van der Waals surface area contributed by atoms with Crippen LogP contribution in [0.4, 0.5) is 13.2 Å². The van der Waals surface area contributed by atoms with E-state index in [0.717, 1.165) is 12.8 Å². The van der Waals surface area contributed by atoms with E-state index in [1.807, 2.05) is 0 Å². The SMILES string of the molecule is O=C(CCCC(F)(F)F)CNC1CCCC1.